The van der Waals surface area contributed by atoms with Crippen LogP contribution in [0.3, 0.4) is 0 Å². The molecule has 0 spiro atoms. The third kappa shape index (κ3) is 3.28. The monoisotopic (exact) mass is 245 g/mol. The van der Waals surface area contributed by atoms with Crippen molar-refractivity contribution in [3.05, 3.63) is 29.8 Å². The molecule has 0 bridgehead atoms. The molecular formula is C17H27N. The summed E-state index contributed by atoms with van der Waals surface area (Å²) in [5.41, 5.74) is 2.75. The van der Waals surface area contributed by atoms with Gasteiger partial charge < -0.3 is 5.32 Å². The summed E-state index contributed by atoms with van der Waals surface area (Å²) in [5.74, 6) is 1.49. The number of anilines is 1. The molecule has 1 saturated carbocycles. The van der Waals surface area contributed by atoms with Crippen LogP contribution in [-0.2, 0) is 0 Å². The van der Waals surface area contributed by atoms with Gasteiger partial charge in [-0.25, -0.2) is 0 Å². The van der Waals surface area contributed by atoms with Crippen LogP contribution in [0.5, 0.6) is 0 Å². The smallest absolute Gasteiger partial charge is 0.0342 e. The van der Waals surface area contributed by atoms with Gasteiger partial charge in [0.25, 0.3) is 0 Å². The molecule has 0 aliphatic heterocycles. The maximum Gasteiger partial charge on any atom is 0.0342 e. The first-order valence-electron chi connectivity index (χ1n) is 7.57. The van der Waals surface area contributed by atoms with Crippen molar-refractivity contribution in [2.45, 2.75) is 64.8 Å². The van der Waals surface area contributed by atoms with Gasteiger partial charge in [0.1, 0.15) is 0 Å². The van der Waals surface area contributed by atoms with Crippen molar-refractivity contribution in [1.29, 1.82) is 0 Å². The summed E-state index contributed by atoms with van der Waals surface area (Å²) in [6.45, 7) is 6.93. The van der Waals surface area contributed by atoms with E-state index in [2.05, 4.69) is 50.4 Å². The van der Waals surface area contributed by atoms with Crippen molar-refractivity contribution in [2.24, 2.45) is 5.92 Å². The van der Waals surface area contributed by atoms with Crippen LogP contribution < -0.4 is 5.32 Å². The van der Waals surface area contributed by atoms with E-state index in [9.17, 15) is 0 Å². The Kier molecular flexibility index (Phi) is 4.68. The molecule has 0 saturated heterocycles. The average molecular weight is 245 g/mol. The number of nitrogens with one attached hydrogen (secondary N) is 1. The predicted octanol–water partition coefficient (Wildman–Crippen LogP) is 5.19. The van der Waals surface area contributed by atoms with E-state index in [1.165, 1.54) is 43.4 Å². The van der Waals surface area contributed by atoms with Gasteiger partial charge in [0, 0.05) is 11.7 Å². The molecule has 100 valence electrons. The summed E-state index contributed by atoms with van der Waals surface area (Å²) in [6, 6.07) is 9.74. The van der Waals surface area contributed by atoms with Crippen LogP contribution in [0.15, 0.2) is 24.3 Å². The number of rotatable bonds is 4. The summed E-state index contributed by atoms with van der Waals surface area (Å²) in [7, 11) is 0. The summed E-state index contributed by atoms with van der Waals surface area (Å²) >= 11 is 0. The van der Waals surface area contributed by atoms with E-state index in [0.29, 0.717) is 12.0 Å². The summed E-state index contributed by atoms with van der Waals surface area (Å²) < 4.78 is 0. The normalized spacial score (nSPS) is 25.7. The van der Waals surface area contributed by atoms with E-state index in [0.717, 1.165) is 5.92 Å². The molecule has 0 heterocycles. The Morgan fingerprint density at radius 1 is 1.17 bits per heavy atom. The van der Waals surface area contributed by atoms with Crippen molar-refractivity contribution in [3.63, 3.8) is 0 Å². The molecule has 18 heavy (non-hydrogen) atoms. The largest absolute Gasteiger partial charge is 0.382 e. The zero-order valence-electron chi connectivity index (χ0n) is 12.1. The second-order valence-corrected chi connectivity index (χ2v) is 5.94. The highest BCUT2D eigenvalue weighted by molar-refractivity contribution is 5.46. The van der Waals surface area contributed by atoms with Gasteiger partial charge in [0.2, 0.25) is 0 Å². The van der Waals surface area contributed by atoms with Crippen LogP contribution in [0, 0.1) is 5.92 Å². The van der Waals surface area contributed by atoms with Crippen molar-refractivity contribution in [3.8, 4) is 0 Å². The van der Waals surface area contributed by atoms with Gasteiger partial charge >= 0.3 is 0 Å². The van der Waals surface area contributed by atoms with Gasteiger partial charge in [-0.1, -0.05) is 45.7 Å². The Labute approximate surface area is 112 Å². The fourth-order valence-corrected chi connectivity index (χ4v) is 2.89. The Balaban J connectivity index is 1.97. The van der Waals surface area contributed by atoms with Crippen LogP contribution in [0.4, 0.5) is 5.69 Å². The molecule has 1 fully saturated rings. The molecule has 1 aromatic carbocycles. The van der Waals surface area contributed by atoms with E-state index in [1.54, 1.807) is 0 Å². The lowest BCUT2D eigenvalue weighted by Gasteiger charge is -2.30. The Hall–Kier alpha value is -0.980. The molecule has 1 nitrogen and oxygen atoms in total. The van der Waals surface area contributed by atoms with Gasteiger partial charge in [0.15, 0.2) is 0 Å². The Morgan fingerprint density at radius 3 is 2.44 bits per heavy atom. The first kappa shape index (κ1) is 13.5. The first-order chi connectivity index (χ1) is 8.70. The second-order valence-electron chi connectivity index (χ2n) is 5.94. The minimum Gasteiger partial charge on any atom is -0.382 e. The second kappa shape index (κ2) is 6.26. The molecular weight excluding hydrogens is 218 g/mol. The Bertz CT molecular complexity index is 354. The number of hydrogen-bond donors (Lipinski definition) is 1. The highest BCUT2D eigenvalue weighted by Crippen LogP contribution is 2.27. The maximum absolute atomic E-state index is 3.71. The fraction of sp³-hybridized carbons (Fsp3) is 0.647. The molecule has 1 heteroatoms. The Morgan fingerprint density at radius 2 is 1.83 bits per heavy atom. The third-order valence-electron chi connectivity index (χ3n) is 4.56. The van der Waals surface area contributed by atoms with Crippen molar-refractivity contribution in [1.82, 2.24) is 0 Å². The van der Waals surface area contributed by atoms with E-state index < -0.39 is 0 Å². The topological polar surface area (TPSA) is 12.0 Å². The van der Waals surface area contributed by atoms with Gasteiger partial charge in [-0.15, -0.1) is 0 Å². The van der Waals surface area contributed by atoms with Crippen LogP contribution >= 0.6 is 0 Å². The number of hydrogen-bond acceptors (Lipinski definition) is 1. The van der Waals surface area contributed by atoms with Crippen molar-refractivity contribution in [2.75, 3.05) is 5.32 Å². The minimum atomic E-state index is 0.674. The lowest BCUT2D eigenvalue weighted by atomic mass is 9.86. The lowest BCUT2D eigenvalue weighted by molar-refractivity contribution is 0.349. The van der Waals surface area contributed by atoms with Gasteiger partial charge in [-0.3, -0.25) is 0 Å². The van der Waals surface area contributed by atoms with Crippen LogP contribution in [0.1, 0.15) is 64.4 Å². The zero-order chi connectivity index (χ0) is 13.0. The molecule has 0 radical (unpaired) electrons. The molecule has 1 N–H and O–H groups in total. The predicted molar refractivity (Wildman–Crippen MR) is 80.2 cm³/mol. The summed E-state index contributed by atoms with van der Waals surface area (Å²) in [6.07, 6.45) is 6.71. The fourth-order valence-electron chi connectivity index (χ4n) is 2.89. The summed E-state index contributed by atoms with van der Waals surface area (Å²) in [4.78, 5) is 0. The van der Waals surface area contributed by atoms with E-state index in [4.69, 9.17) is 0 Å². The van der Waals surface area contributed by atoms with E-state index in [-0.39, 0.29) is 0 Å². The molecule has 0 amide bonds. The standard InChI is InChI=1S/C17H27N/c1-4-13(2)15-9-11-16(12-10-15)18-17-8-6-5-7-14(17)3/h9-14,17-18H,4-8H2,1-3H3. The van der Waals surface area contributed by atoms with Gasteiger partial charge in [-0.2, -0.15) is 0 Å². The first-order valence-corrected chi connectivity index (χ1v) is 7.57. The molecule has 3 unspecified atom stereocenters. The minimum absolute atomic E-state index is 0.674. The van der Waals surface area contributed by atoms with Gasteiger partial charge in [-0.05, 0) is 48.8 Å². The molecule has 0 aromatic heterocycles. The highest BCUT2D eigenvalue weighted by Gasteiger charge is 2.20. The van der Waals surface area contributed by atoms with Crippen LogP contribution in [0.2, 0.25) is 0 Å². The lowest BCUT2D eigenvalue weighted by Crippen LogP contribution is -2.30. The third-order valence-corrected chi connectivity index (χ3v) is 4.56. The zero-order valence-corrected chi connectivity index (χ0v) is 12.1. The molecule has 1 aliphatic carbocycles. The SMILES string of the molecule is CCC(C)c1ccc(NC2CCCCC2C)cc1. The van der Waals surface area contributed by atoms with E-state index in [1.807, 2.05) is 0 Å². The number of benzene rings is 1. The molecule has 1 aliphatic rings. The molecule has 1 aromatic rings. The van der Waals surface area contributed by atoms with E-state index >= 15 is 0 Å². The van der Waals surface area contributed by atoms with Gasteiger partial charge in [0.05, 0.1) is 0 Å². The summed E-state index contributed by atoms with van der Waals surface area (Å²) in [5, 5.41) is 3.71. The van der Waals surface area contributed by atoms with Crippen LogP contribution in [0.25, 0.3) is 0 Å². The van der Waals surface area contributed by atoms with Crippen molar-refractivity contribution < 1.29 is 0 Å². The van der Waals surface area contributed by atoms with Crippen molar-refractivity contribution >= 4 is 5.69 Å². The molecule has 2 rings (SSSR count). The average Bonchev–Trinajstić information content (AvgIpc) is 2.41. The quantitative estimate of drug-likeness (QED) is 0.769. The molecule has 3 atom stereocenters. The highest BCUT2D eigenvalue weighted by atomic mass is 14.9. The van der Waals surface area contributed by atoms with Crippen LogP contribution in [-0.4, -0.2) is 6.04 Å². The maximum atomic E-state index is 3.71.